The molecule has 1 aromatic heterocycles. The number of benzene rings is 1. The first-order chi connectivity index (χ1) is 6.70. The number of aryl methyl sites for hydroxylation is 2. The number of fused-ring (bicyclic) bond motifs is 1. The van der Waals surface area contributed by atoms with E-state index in [9.17, 15) is 4.79 Å². The van der Waals surface area contributed by atoms with Crippen LogP contribution in [0.1, 0.15) is 18.2 Å². The van der Waals surface area contributed by atoms with E-state index in [1.807, 2.05) is 18.2 Å². The highest BCUT2D eigenvalue weighted by molar-refractivity contribution is 5.77. The van der Waals surface area contributed by atoms with Gasteiger partial charge in [0.05, 0.1) is 5.39 Å². The molecule has 0 unspecified atom stereocenters. The lowest BCUT2D eigenvalue weighted by Crippen LogP contribution is -2.00. The summed E-state index contributed by atoms with van der Waals surface area (Å²) in [6.45, 7) is 3.85. The zero-order valence-electron chi connectivity index (χ0n) is 8.33. The van der Waals surface area contributed by atoms with Crippen LogP contribution in [0.3, 0.4) is 0 Å². The highest BCUT2D eigenvalue weighted by Crippen LogP contribution is 2.14. The van der Waals surface area contributed by atoms with E-state index >= 15 is 0 Å². The summed E-state index contributed by atoms with van der Waals surface area (Å²) in [6.07, 6.45) is 0.934. The Bertz CT molecular complexity index is 523. The quantitative estimate of drug-likeness (QED) is 0.688. The van der Waals surface area contributed by atoms with E-state index in [2.05, 4.69) is 6.92 Å². The van der Waals surface area contributed by atoms with Gasteiger partial charge in [0.15, 0.2) is 5.43 Å². The SMILES string of the molecule is CCc1ccc2oc(C)cc(=O)c2c1. The van der Waals surface area contributed by atoms with Crippen molar-refractivity contribution in [1.29, 1.82) is 0 Å². The average Bonchev–Trinajstić information content (AvgIpc) is 2.17. The fourth-order valence-corrected chi connectivity index (χ4v) is 1.54. The van der Waals surface area contributed by atoms with Gasteiger partial charge in [0, 0.05) is 6.07 Å². The number of hydrogen-bond acceptors (Lipinski definition) is 2. The van der Waals surface area contributed by atoms with Gasteiger partial charge in [-0.25, -0.2) is 0 Å². The zero-order valence-corrected chi connectivity index (χ0v) is 8.33. The van der Waals surface area contributed by atoms with Crippen molar-refractivity contribution in [2.45, 2.75) is 20.3 Å². The molecule has 14 heavy (non-hydrogen) atoms. The largest absolute Gasteiger partial charge is 0.461 e. The average molecular weight is 188 g/mol. The van der Waals surface area contributed by atoms with Gasteiger partial charge in [-0.3, -0.25) is 4.79 Å². The minimum Gasteiger partial charge on any atom is -0.461 e. The van der Waals surface area contributed by atoms with Crippen molar-refractivity contribution < 1.29 is 4.42 Å². The van der Waals surface area contributed by atoms with Gasteiger partial charge in [-0.15, -0.1) is 0 Å². The fraction of sp³-hybridized carbons (Fsp3) is 0.250. The monoisotopic (exact) mass is 188 g/mol. The van der Waals surface area contributed by atoms with E-state index in [0.29, 0.717) is 16.7 Å². The van der Waals surface area contributed by atoms with Crippen molar-refractivity contribution >= 4 is 11.0 Å². The Hall–Kier alpha value is -1.57. The van der Waals surface area contributed by atoms with E-state index < -0.39 is 0 Å². The van der Waals surface area contributed by atoms with Gasteiger partial charge in [-0.1, -0.05) is 13.0 Å². The van der Waals surface area contributed by atoms with E-state index in [-0.39, 0.29) is 5.43 Å². The molecule has 2 nitrogen and oxygen atoms in total. The molecule has 2 heteroatoms. The molecule has 72 valence electrons. The topological polar surface area (TPSA) is 30.2 Å². The standard InChI is InChI=1S/C12H12O2/c1-3-9-4-5-12-10(7-9)11(13)6-8(2)14-12/h4-7H,3H2,1-2H3. The molecule has 0 fully saturated rings. The Morgan fingerprint density at radius 2 is 2.07 bits per heavy atom. The molecule has 0 atom stereocenters. The van der Waals surface area contributed by atoms with Crippen LogP contribution in [0.15, 0.2) is 33.5 Å². The van der Waals surface area contributed by atoms with Gasteiger partial charge < -0.3 is 4.42 Å². The molecule has 0 aliphatic carbocycles. The third kappa shape index (κ3) is 1.43. The lowest BCUT2D eigenvalue weighted by Gasteiger charge is -2.00. The van der Waals surface area contributed by atoms with Crippen LogP contribution in [0, 0.1) is 6.92 Å². The smallest absolute Gasteiger partial charge is 0.192 e. The highest BCUT2D eigenvalue weighted by atomic mass is 16.3. The Morgan fingerprint density at radius 3 is 2.79 bits per heavy atom. The van der Waals surface area contributed by atoms with Crippen LogP contribution in [-0.2, 0) is 6.42 Å². The summed E-state index contributed by atoms with van der Waals surface area (Å²) in [4.78, 5) is 11.6. The van der Waals surface area contributed by atoms with E-state index in [1.165, 1.54) is 6.07 Å². The van der Waals surface area contributed by atoms with Gasteiger partial charge >= 0.3 is 0 Å². The Balaban J connectivity index is 2.82. The van der Waals surface area contributed by atoms with Crippen molar-refractivity contribution in [3.05, 3.63) is 45.8 Å². The van der Waals surface area contributed by atoms with Crippen LogP contribution < -0.4 is 5.43 Å². The summed E-state index contributed by atoms with van der Waals surface area (Å²) in [5.41, 5.74) is 1.87. The first kappa shape index (κ1) is 9.00. The molecule has 1 heterocycles. The van der Waals surface area contributed by atoms with Gasteiger partial charge in [-0.05, 0) is 31.0 Å². The summed E-state index contributed by atoms with van der Waals surface area (Å²) in [5, 5.41) is 0.676. The maximum absolute atomic E-state index is 11.6. The maximum atomic E-state index is 11.6. The first-order valence-corrected chi connectivity index (χ1v) is 4.74. The van der Waals surface area contributed by atoms with E-state index in [1.54, 1.807) is 6.92 Å². The third-order valence-electron chi connectivity index (χ3n) is 2.32. The zero-order chi connectivity index (χ0) is 10.1. The second-order valence-electron chi connectivity index (χ2n) is 3.41. The molecule has 0 saturated carbocycles. The molecular formula is C12H12O2. The fourth-order valence-electron chi connectivity index (χ4n) is 1.54. The first-order valence-electron chi connectivity index (χ1n) is 4.74. The van der Waals surface area contributed by atoms with Crippen LogP contribution in [0.4, 0.5) is 0 Å². The predicted octanol–water partition coefficient (Wildman–Crippen LogP) is 2.66. The van der Waals surface area contributed by atoms with Crippen molar-refractivity contribution in [1.82, 2.24) is 0 Å². The Morgan fingerprint density at radius 1 is 1.29 bits per heavy atom. The molecule has 2 rings (SSSR count). The van der Waals surface area contributed by atoms with Gasteiger partial charge in [0.25, 0.3) is 0 Å². The van der Waals surface area contributed by atoms with Gasteiger partial charge in [-0.2, -0.15) is 0 Å². The van der Waals surface area contributed by atoms with Crippen molar-refractivity contribution in [2.24, 2.45) is 0 Å². The van der Waals surface area contributed by atoms with E-state index in [0.717, 1.165) is 12.0 Å². The van der Waals surface area contributed by atoms with Crippen LogP contribution in [-0.4, -0.2) is 0 Å². The highest BCUT2D eigenvalue weighted by Gasteiger charge is 2.02. The molecule has 0 N–H and O–H groups in total. The van der Waals surface area contributed by atoms with Crippen molar-refractivity contribution in [2.75, 3.05) is 0 Å². The Kier molecular flexibility index (Phi) is 2.12. The summed E-state index contributed by atoms with van der Waals surface area (Å²) < 4.78 is 5.44. The summed E-state index contributed by atoms with van der Waals surface area (Å²) in [7, 11) is 0. The Labute approximate surface area is 82.2 Å². The van der Waals surface area contributed by atoms with Crippen LogP contribution in [0.25, 0.3) is 11.0 Å². The molecule has 0 spiro atoms. The normalized spacial score (nSPS) is 10.7. The summed E-state index contributed by atoms with van der Waals surface area (Å²) >= 11 is 0. The summed E-state index contributed by atoms with van der Waals surface area (Å²) in [5.74, 6) is 0.659. The predicted molar refractivity (Wildman–Crippen MR) is 56.6 cm³/mol. The maximum Gasteiger partial charge on any atom is 0.192 e. The van der Waals surface area contributed by atoms with Crippen LogP contribution >= 0.6 is 0 Å². The molecule has 0 aliphatic rings. The molecule has 2 aromatic rings. The number of hydrogen-bond donors (Lipinski definition) is 0. The molecular weight excluding hydrogens is 176 g/mol. The second kappa shape index (κ2) is 3.29. The van der Waals surface area contributed by atoms with Gasteiger partial charge in [0.2, 0.25) is 0 Å². The third-order valence-corrected chi connectivity index (χ3v) is 2.32. The lowest BCUT2D eigenvalue weighted by atomic mass is 10.1. The molecule has 0 saturated heterocycles. The van der Waals surface area contributed by atoms with E-state index in [4.69, 9.17) is 4.42 Å². The molecule has 0 aliphatic heterocycles. The number of rotatable bonds is 1. The van der Waals surface area contributed by atoms with Crippen LogP contribution in [0.2, 0.25) is 0 Å². The molecule has 0 amide bonds. The van der Waals surface area contributed by atoms with Crippen molar-refractivity contribution in [3.63, 3.8) is 0 Å². The van der Waals surface area contributed by atoms with Crippen molar-refractivity contribution in [3.8, 4) is 0 Å². The second-order valence-corrected chi connectivity index (χ2v) is 3.41. The van der Waals surface area contributed by atoms with Gasteiger partial charge in [0.1, 0.15) is 11.3 Å². The molecule has 1 aromatic carbocycles. The molecule has 0 radical (unpaired) electrons. The molecule has 0 bridgehead atoms. The minimum atomic E-state index is 0.0408. The lowest BCUT2D eigenvalue weighted by molar-refractivity contribution is 0.564. The van der Waals surface area contributed by atoms with Crippen LogP contribution in [0.5, 0.6) is 0 Å². The minimum absolute atomic E-state index is 0.0408. The summed E-state index contributed by atoms with van der Waals surface area (Å²) in [6, 6.07) is 7.29.